The number of ether oxygens (including phenoxy) is 2. The number of fused-ring (bicyclic) bond motifs is 1. The quantitative estimate of drug-likeness (QED) is 0.335. The van der Waals surface area contributed by atoms with Crippen LogP contribution in [0, 0.1) is 12.7 Å². The normalized spacial score (nSPS) is 10.8. The molecule has 0 amide bonds. The number of aromatic nitrogens is 1. The maximum Gasteiger partial charge on any atom is 0.339 e. The molecule has 0 spiro atoms. The second kappa shape index (κ2) is 8.14. The first-order chi connectivity index (χ1) is 14.1. The van der Waals surface area contributed by atoms with E-state index in [1.807, 2.05) is 43.3 Å². The van der Waals surface area contributed by atoms with Crippen LogP contribution in [-0.4, -0.2) is 24.2 Å². The molecule has 5 nitrogen and oxygen atoms in total. The van der Waals surface area contributed by atoms with Crippen molar-refractivity contribution in [3.8, 4) is 17.2 Å². The molecule has 0 radical (unpaired) electrons. The number of carbonyl (C=O) groups excluding carboxylic acids is 1. The van der Waals surface area contributed by atoms with E-state index in [1.165, 1.54) is 12.1 Å². The summed E-state index contributed by atoms with van der Waals surface area (Å²) < 4.78 is 29.9. The van der Waals surface area contributed by atoms with Crippen LogP contribution in [0.3, 0.4) is 0 Å². The average molecular weight is 391 g/mol. The fourth-order valence-corrected chi connectivity index (χ4v) is 2.97. The summed E-state index contributed by atoms with van der Waals surface area (Å²) in [5, 5.41) is 0.680. The molecule has 6 heteroatoms. The minimum atomic E-state index is -0.509. The molecule has 0 saturated carbocycles. The van der Waals surface area contributed by atoms with Gasteiger partial charge in [0.05, 0.1) is 11.1 Å². The largest absolute Gasteiger partial charge is 0.487 e. The Labute approximate surface area is 166 Å². The highest BCUT2D eigenvalue weighted by Crippen LogP contribution is 2.26. The van der Waals surface area contributed by atoms with Crippen molar-refractivity contribution < 1.29 is 23.1 Å². The number of nitrogens with zero attached hydrogens (tertiary/aromatic N) is 1. The number of hydrogen-bond acceptors (Lipinski definition) is 5. The minimum absolute atomic E-state index is 0.0149. The van der Waals surface area contributed by atoms with Gasteiger partial charge in [0.15, 0.2) is 17.3 Å². The lowest BCUT2D eigenvalue weighted by Gasteiger charge is -2.10. The van der Waals surface area contributed by atoms with Gasteiger partial charge in [0.2, 0.25) is 0 Å². The number of benzene rings is 2. The number of rotatable bonds is 6. The Balaban J connectivity index is 1.52. The van der Waals surface area contributed by atoms with E-state index in [2.05, 4.69) is 4.98 Å². The molecule has 2 aromatic carbocycles. The van der Waals surface area contributed by atoms with Gasteiger partial charge in [-0.25, -0.2) is 14.2 Å². The Kier molecular flexibility index (Phi) is 5.24. The van der Waals surface area contributed by atoms with E-state index in [-0.39, 0.29) is 19.0 Å². The van der Waals surface area contributed by atoms with Crippen molar-refractivity contribution in [2.24, 2.45) is 0 Å². The summed E-state index contributed by atoms with van der Waals surface area (Å²) in [4.78, 5) is 17.3. The smallest absolute Gasteiger partial charge is 0.339 e. The van der Waals surface area contributed by atoms with E-state index in [0.717, 1.165) is 5.76 Å². The SMILES string of the molecule is Cc1ccc(-c2cc(C(=O)OCCOc3ccccc3F)c3ccccc3n2)o1. The fraction of sp³-hybridized carbons (Fsp3) is 0.130. The molecule has 2 aromatic heterocycles. The molecule has 29 heavy (non-hydrogen) atoms. The number of aryl methyl sites for hydroxylation is 1. The molecule has 146 valence electrons. The highest BCUT2D eigenvalue weighted by atomic mass is 19.1. The van der Waals surface area contributed by atoms with Crippen molar-refractivity contribution in [2.45, 2.75) is 6.92 Å². The van der Waals surface area contributed by atoms with Gasteiger partial charge in [0.25, 0.3) is 0 Å². The predicted octanol–water partition coefficient (Wildman–Crippen LogP) is 5.18. The third-order valence-corrected chi connectivity index (χ3v) is 4.34. The van der Waals surface area contributed by atoms with Crippen molar-refractivity contribution in [2.75, 3.05) is 13.2 Å². The number of pyridine rings is 1. The summed E-state index contributed by atoms with van der Waals surface area (Å²) >= 11 is 0. The molecule has 0 fully saturated rings. The molecule has 4 aromatic rings. The highest BCUT2D eigenvalue weighted by Gasteiger charge is 2.16. The second-order valence-corrected chi connectivity index (χ2v) is 6.40. The van der Waals surface area contributed by atoms with Crippen LogP contribution >= 0.6 is 0 Å². The van der Waals surface area contributed by atoms with Crippen molar-refractivity contribution in [3.63, 3.8) is 0 Å². The topological polar surface area (TPSA) is 61.6 Å². The van der Waals surface area contributed by atoms with Gasteiger partial charge in [-0.05, 0) is 43.3 Å². The first kappa shape index (κ1) is 18.7. The first-order valence-corrected chi connectivity index (χ1v) is 9.13. The Morgan fingerprint density at radius 3 is 2.62 bits per heavy atom. The molecule has 0 aliphatic heterocycles. The third kappa shape index (κ3) is 4.11. The second-order valence-electron chi connectivity index (χ2n) is 6.40. The first-order valence-electron chi connectivity index (χ1n) is 9.13. The standard InChI is InChI=1S/C23H18FNO4/c1-15-10-11-22(29-15)20-14-17(16-6-2-4-8-19(16)25-20)23(26)28-13-12-27-21-9-5-3-7-18(21)24/h2-11,14H,12-13H2,1H3. The number of esters is 1. The monoisotopic (exact) mass is 391 g/mol. The van der Waals surface area contributed by atoms with Crippen LogP contribution in [0.15, 0.2) is 71.1 Å². The summed E-state index contributed by atoms with van der Waals surface area (Å²) in [5.74, 6) is 0.477. The van der Waals surface area contributed by atoms with Gasteiger partial charge in [-0.1, -0.05) is 30.3 Å². The summed E-state index contributed by atoms with van der Waals surface area (Å²) in [5.41, 5.74) is 1.59. The predicted molar refractivity (Wildman–Crippen MR) is 106 cm³/mol. The number of carbonyl (C=O) groups is 1. The molecule has 2 heterocycles. The van der Waals surface area contributed by atoms with E-state index < -0.39 is 11.8 Å². The average Bonchev–Trinajstić information content (AvgIpc) is 3.18. The Morgan fingerprint density at radius 1 is 1.03 bits per heavy atom. The lowest BCUT2D eigenvalue weighted by molar-refractivity contribution is 0.0450. The Hall–Kier alpha value is -3.67. The van der Waals surface area contributed by atoms with Crippen LogP contribution in [0.2, 0.25) is 0 Å². The molecule has 0 unspecified atom stereocenters. The summed E-state index contributed by atoms with van der Waals surface area (Å²) in [6.45, 7) is 1.87. The van der Waals surface area contributed by atoms with Crippen LogP contribution in [0.1, 0.15) is 16.1 Å². The maximum absolute atomic E-state index is 13.6. The van der Waals surface area contributed by atoms with Gasteiger partial charge in [-0.2, -0.15) is 0 Å². The zero-order valence-electron chi connectivity index (χ0n) is 15.7. The molecule has 0 aliphatic rings. The fourth-order valence-electron chi connectivity index (χ4n) is 2.97. The number of hydrogen-bond donors (Lipinski definition) is 0. The summed E-state index contributed by atoms with van der Waals surface area (Å²) in [7, 11) is 0. The van der Waals surface area contributed by atoms with Gasteiger partial charge in [0.1, 0.15) is 24.7 Å². The zero-order chi connectivity index (χ0) is 20.2. The van der Waals surface area contributed by atoms with Crippen molar-refractivity contribution in [1.82, 2.24) is 4.98 Å². The van der Waals surface area contributed by atoms with Gasteiger partial charge < -0.3 is 13.9 Å². The molecular weight excluding hydrogens is 373 g/mol. The molecule has 4 rings (SSSR count). The summed E-state index contributed by atoms with van der Waals surface area (Å²) in [6, 6.07) is 18.7. The van der Waals surface area contributed by atoms with Crippen LogP contribution in [0.5, 0.6) is 5.75 Å². The van der Waals surface area contributed by atoms with Crippen LogP contribution in [0.25, 0.3) is 22.4 Å². The molecule has 0 atom stereocenters. The Morgan fingerprint density at radius 2 is 1.83 bits per heavy atom. The van der Waals surface area contributed by atoms with Gasteiger partial charge >= 0.3 is 5.97 Å². The van der Waals surface area contributed by atoms with Crippen LogP contribution < -0.4 is 4.74 Å². The summed E-state index contributed by atoms with van der Waals surface area (Å²) in [6.07, 6.45) is 0. The zero-order valence-corrected chi connectivity index (χ0v) is 15.7. The van der Waals surface area contributed by atoms with Crippen LogP contribution in [0.4, 0.5) is 4.39 Å². The molecular formula is C23H18FNO4. The van der Waals surface area contributed by atoms with E-state index in [1.54, 1.807) is 18.2 Å². The van der Waals surface area contributed by atoms with Gasteiger partial charge in [-0.3, -0.25) is 0 Å². The van der Waals surface area contributed by atoms with Gasteiger partial charge in [0, 0.05) is 5.39 Å². The van der Waals surface area contributed by atoms with Crippen LogP contribution in [-0.2, 0) is 4.74 Å². The number of halogens is 1. The highest BCUT2D eigenvalue weighted by molar-refractivity contribution is 6.04. The lowest BCUT2D eigenvalue weighted by atomic mass is 10.1. The van der Waals surface area contributed by atoms with E-state index in [0.29, 0.717) is 27.9 Å². The van der Waals surface area contributed by atoms with E-state index >= 15 is 0 Å². The van der Waals surface area contributed by atoms with E-state index in [9.17, 15) is 9.18 Å². The minimum Gasteiger partial charge on any atom is -0.487 e. The molecule has 0 bridgehead atoms. The van der Waals surface area contributed by atoms with Crippen molar-refractivity contribution in [1.29, 1.82) is 0 Å². The number of furan rings is 1. The molecule has 0 N–H and O–H groups in total. The van der Waals surface area contributed by atoms with Crippen molar-refractivity contribution in [3.05, 3.63) is 83.9 Å². The molecule has 0 aliphatic carbocycles. The van der Waals surface area contributed by atoms with Gasteiger partial charge in [-0.15, -0.1) is 0 Å². The Bertz CT molecular complexity index is 1170. The lowest BCUT2D eigenvalue weighted by Crippen LogP contribution is -2.13. The number of para-hydroxylation sites is 2. The maximum atomic E-state index is 13.6. The van der Waals surface area contributed by atoms with Crippen molar-refractivity contribution >= 4 is 16.9 Å². The van der Waals surface area contributed by atoms with E-state index in [4.69, 9.17) is 13.9 Å². The molecule has 0 saturated heterocycles. The third-order valence-electron chi connectivity index (χ3n) is 4.34.